The van der Waals surface area contributed by atoms with Gasteiger partial charge in [0.2, 0.25) is 6.79 Å². The minimum atomic E-state index is -0.0516. The average Bonchev–Trinajstić information content (AvgIpc) is 2.33. The first-order chi connectivity index (χ1) is 4.86. The Labute approximate surface area is 107 Å². The molecule has 52 valence electrons. The Morgan fingerprint density at radius 3 is 2.73 bits per heavy atom. The van der Waals surface area contributed by atoms with E-state index in [1.54, 1.807) is 6.07 Å². The molecule has 1 aromatic rings. The van der Waals surface area contributed by atoms with Gasteiger partial charge in [0.15, 0.2) is 11.5 Å². The predicted octanol–water partition coefficient (Wildman–Crippen LogP) is -2.51. The Balaban J connectivity index is 0.000000605. The number of rotatable bonds is 0. The molecule has 0 radical (unpaired) electrons. The van der Waals surface area contributed by atoms with Crippen molar-refractivity contribution in [2.24, 2.45) is 0 Å². The fraction of sp³-hybridized carbons (Fsp3) is 0.143. The van der Waals surface area contributed by atoms with Crippen molar-refractivity contribution in [2.75, 3.05) is 6.79 Å². The van der Waals surface area contributed by atoms with E-state index in [1.165, 1.54) is 12.1 Å². The van der Waals surface area contributed by atoms with Gasteiger partial charge in [-0.05, 0) is 12.1 Å². The number of ether oxygens (including phenoxy) is 2. The molecule has 2 rings (SSSR count). The second kappa shape index (κ2) is 3.78. The van der Waals surface area contributed by atoms with Crippen LogP contribution in [0.3, 0.4) is 0 Å². The Bertz CT molecular complexity index is 262. The van der Waals surface area contributed by atoms with Crippen molar-refractivity contribution in [1.29, 1.82) is 0 Å². The van der Waals surface area contributed by atoms with Gasteiger partial charge in [-0.1, -0.05) is 6.07 Å². The maximum Gasteiger partial charge on any atom is 1.00 e. The smallest absolute Gasteiger partial charge is 0.872 e. The zero-order valence-corrected chi connectivity index (χ0v) is 9.29. The number of benzene rings is 1. The molecule has 0 saturated carbocycles. The van der Waals surface area contributed by atoms with Crippen LogP contribution in [0.25, 0.3) is 0 Å². The Hall–Kier alpha value is 0.256. The third kappa shape index (κ3) is 1.89. The molecule has 11 heavy (non-hydrogen) atoms. The molecule has 0 atom stereocenters. The molecule has 0 aliphatic carbocycles. The SMILES string of the molecule is [K+].[O-]c1ccc2c(c1)OCO2. The summed E-state index contributed by atoms with van der Waals surface area (Å²) in [6.45, 7) is 0.221. The Morgan fingerprint density at radius 1 is 1.18 bits per heavy atom. The second-order valence-corrected chi connectivity index (χ2v) is 2.02. The molecular formula is C7H5KO3. The third-order valence-electron chi connectivity index (χ3n) is 1.34. The van der Waals surface area contributed by atoms with Crippen molar-refractivity contribution < 1.29 is 66.0 Å². The van der Waals surface area contributed by atoms with E-state index in [2.05, 4.69) is 0 Å². The molecule has 1 heterocycles. The first kappa shape index (κ1) is 9.35. The van der Waals surface area contributed by atoms with Crippen molar-refractivity contribution in [2.45, 2.75) is 0 Å². The summed E-state index contributed by atoms with van der Waals surface area (Å²) < 4.78 is 9.95. The quantitative estimate of drug-likeness (QED) is 0.410. The summed E-state index contributed by atoms with van der Waals surface area (Å²) in [5, 5.41) is 10.7. The average molecular weight is 176 g/mol. The van der Waals surface area contributed by atoms with E-state index in [0.717, 1.165) is 0 Å². The molecule has 0 amide bonds. The van der Waals surface area contributed by atoms with Crippen molar-refractivity contribution >= 4 is 0 Å². The van der Waals surface area contributed by atoms with E-state index in [1.807, 2.05) is 0 Å². The van der Waals surface area contributed by atoms with Gasteiger partial charge in [0, 0.05) is 0 Å². The number of fused-ring (bicyclic) bond motifs is 1. The van der Waals surface area contributed by atoms with Crippen molar-refractivity contribution in [1.82, 2.24) is 0 Å². The maximum absolute atomic E-state index is 10.7. The van der Waals surface area contributed by atoms with Crippen molar-refractivity contribution in [3.05, 3.63) is 18.2 Å². The van der Waals surface area contributed by atoms with Gasteiger partial charge in [-0.15, -0.1) is 5.75 Å². The van der Waals surface area contributed by atoms with Gasteiger partial charge in [0.05, 0.1) is 0 Å². The van der Waals surface area contributed by atoms with Gasteiger partial charge in [-0.2, -0.15) is 0 Å². The molecule has 1 aliphatic rings. The topological polar surface area (TPSA) is 41.5 Å². The molecule has 0 fully saturated rings. The summed E-state index contributed by atoms with van der Waals surface area (Å²) in [4.78, 5) is 0. The molecule has 0 aromatic heterocycles. The monoisotopic (exact) mass is 176 g/mol. The summed E-state index contributed by atoms with van der Waals surface area (Å²) >= 11 is 0. The number of hydrogen-bond acceptors (Lipinski definition) is 3. The molecule has 0 unspecified atom stereocenters. The van der Waals surface area contributed by atoms with Crippen LogP contribution in [-0.2, 0) is 0 Å². The van der Waals surface area contributed by atoms with Crippen LogP contribution in [0.15, 0.2) is 18.2 Å². The third-order valence-corrected chi connectivity index (χ3v) is 1.34. The van der Waals surface area contributed by atoms with E-state index in [9.17, 15) is 5.11 Å². The standard InChI is InChI=1S/C7H6O3.K/c8-5-1-2-6-7(3-5)10-4-9-6;/h1-3,8H,4H2;/q;+1/p-1. The summed E-state index contributed by atoms with van der Waals surface area (Å²) in [6.07, 6.45) is 0. The summed E-state index contributed by atoms with van der Waals surface area (Å²) in [6, 6.07) is 4.49. The predicted molar refractivity (Wildman–Crippen MR) is 32.0 cm³/mol. The molecule has 3 nitrogen and oxygen atoms in total. The molecule has 1 aromatic carbocycles. The van der Waals surface area contributed by atoms with Crippen LogP contribution in [0, 0.1) is 0 Å². The van der Waals surface area contributed by atoms with E-state index in [4.69, 9.17) is 9.47 Å². The Kier molecular flexibility index (Phi) is 3.21. The van der Waals surface area contributed by atoms with Crippen LogP contribution in [0.2, 0.25) is 0 Å². The van der Waals surface area contributed by atoms with E-state index >= 15 is 0 Å². The van der Waals surface area contributed by atoms with Crippen LogP contribution in [0.5, 0.6) is 17.2 Å². The van der Waals surface area contributed by atoms with E-state index in [0.29, 0.717) is 11.5 Å². The molecule has 0 bridgehead atoms. The van der Waals surface area contributed by atoms with Gasteiger partial charge >= 0.3 is 51.4 Å². The van der Waals surface area contributed by atoms with Gasteiger partial charge < -0.3 is 14.6 Å². The second-order valence-electron chi connectivity index (χ2n) is 2.02. The Morgan fingerprint density at radius 2 is 1.91 bits per heavy atom. The molecule has 0 saturated heterocycles. The maximum atomic E-state index is 10.7. The van der Waals surface area contributed by atoms with Gasteiger partial charge in [0.1, 0.15) is 0 Å². The largest absolute Gasteiger partial charge is 1.00 e. The van der Waals surface area contributed by atoms with Crippen LogP contribution in [0.1, 0.15) is 0 Å². The first-order valence-electron chi connectivity index (χ1n) is 2.93. The molecule has 4 heteroatoms. The van der Waals surface area contributed by atoms with E-state index in [-0.39, 0.29) is 63.9 Å². The normalized spacial score (nSPS) is 12.4. The fourth-order valence-corrected chi connectivity index (χ4v) is 0.877. The van der Waals surface area contributed by atoms with Crippen LogP contribution < -0.4 is 66.0 Å². The van der Waals surface area contributed by atoms with Gasteiger partial charge in [-0.3, -0.25) is 0 Å². The summed E-state index contributed by atoms with van der Waals surface area (Å²) in [5.74, 6) is 1.15. The first-order valence-corrected chi connectivity index (χ1v) is 2.93. The molecule has 1 aliphatic heterocycles. The van der Waals surface area contributed by atoms with Gasteiger partial charge in [-0.25, -0.2) is 0 Å². The molecular weight excluding hydrogens is 171 g/mol. The minimum Gasteiger partial charge on any atom is -0.872 e. The number of hydrogen-bond donors (Lipinski definition) is 0. The van der Waals surface area contributed by atoms with Gasteiger partial charge in [0.25, 0.3) is 0 Å². The van der Waals surface area contributed by atoms with E-state index < -0.39 is 0 Å². The van der Waals surface area contributed by atoms with Crippen molar-refractivity contribution in [3.8, 4) is 17.2 Å². The zero-order valence-electron chi connectivity index (χ0n) is 6.16. The molecule has 0 spiro atoms. The fourth-order valence-electron chi connectivity index (χ4n) is 0.877. The minimum absolute atomic E-state index is 0. The van der Waals surface area contributed by atoms with Crippen LogP contribution in [-0.4, -0.2) is 6.79 Å². The molecule has 0 N–H and O–H groups in total. The zero-order chi connectivity index (χ0) is 6.97. The van der Waals surface area contributed by atoms with Crippen LogP contribution >= 0.6 is 0 Å². The summed E-state index contributed by atoms with van der Waals surface area (Å²) in [7, 11) is 0. The van der Waals surface area contributed by atoms with Crippen LogP contribution in [0.4, 0.5) is 0 Å². The summed E-state index contributed by atoms with van der Waals surface area (Å²) in [5.41, 5.74) is 0. The van der Waals surface area contributed by atoms with Crippen molar-refractivity contribution in [3.63, 3.8) is 0 Å².